The number of fused-ring (bicyclic) bond motifs is 1. The molecule has 0 bridgehead atoms. The number of anilines is 1. The molecule has 0 saturated heterocycles. The molecular weight excluding hydrogens is 310 g/mol. The number of nitrogens with zero attached hydrogens (tertiary/aromatic N) is 1. The minimum atomic E-state index is 0.471. The first kappa shape index (κ1) is 12.3. The van der Waals surface area contributed by atoms with E-state index in [0.29, 0.717) is 19.0 Å². The van der Waals surface area contributed by atoms with E-state index in [0.717, 1.165) is 39.2 Å². The molecule has 1 aromatic heterocycles. The standard InChI is InChI=1S/C13H14BrN3O2/c1-2-7-12(9-6-11(15)17-16-9)8(14)5-10-13(7)19-4-3-18-10/h5-6H,2-4H2,1H3,(H3,15,16,17). The summed E-state index contributed by atoms with van der Waals surface area (Å²) in [4.78, 5) is 0. The first-order chi connectivity index (χ1) is 9.20. The van der Waals surface area contributed by atoms with E-state index in [2.05, 4.69) is 33.1 Å². The van der Waals surface area contributed by atoms with Crippen molar-refractivity contribution in [3.8, 4) is 22.8 Å². The van der Waals surface area contributed by atoms with E-state index in [1.165, 1.54) is 0 Å². The molecule has 2 heterocycles. The van der Waals surface area contributed by atoms with E-state index in [9.17, 15) is 0 Å². The topological polar surface area (TPSA) is 73.2 Å². The molecule has 100 valence electrons. The minimum Gasteiger partial charge on any atom is -0.486 e. The average Bonchev–Trinajstić information content (AvgIpc) is 2.83. The highest BCUT2D eigenvalue weighted by Gasteiger charge is 2.22. The van der Waals surface area contributed by atoms with Crippen LogP contribution in [0.4, 0.5) is 5.82 Å². The van der Waals surface area contributed by atoms with E-state index in [1.807, 2.05) is 12.1 Å². The summed E-state index contributed by atoms with van der Waals surface area (Å²) in [6, 6.07) is 3.75. The molecule has 1 aromatic carbocycles. The molecule has 0 amide bonds. The van der Waals surface area contributed by atoms with Crippen LogP contribution >= 0.6 is 15.9 Å². The predicted octanol–water partition coefficient (Wildman–Crippen LogP) is 2.76. The van der Waals surface area contributed by atoms with E-state index >= 15 is 0 Å². The number of aromatic nitrogens is 2. The van der Waals surface area contributed by atoms with Gasteiger partial charge in [0.15, 0.2) is 11.5 Å². The van der Waals surface area contributed by atoms with Crippen LogP contribution in [0.2, 0.25) is 0 Å². The van der Waals surface area contributed by atoms with Crippen molar-refractivity contribution >= 4 is 21.7 Å². The van der Waals surface area contributed by atoms with Gasteiger partial charge in [-0.2, -0.15) is 5.10 Å². The summed E-state index contributed by atoms with van der Waals surface area (Å²) in [7, 11) is 0. The van der Waals surface area contributed by atoms with Gasteiger partial charge in [-0.1, -0.05) is 6.92 Å². The van der Waals surface area contributed by atoms with E-state index in [1.54, 1.807) is 0 Å². The quantitative estimate of drug-likeness (QED) is 0.891. The Labute approximate surface area is 119 Å². The van der Waals surface area contributed by atoms with Crippen molar-refractivity contribution in [3.63, 3.8) is 0 Å². The number of nitrogens with one attached hydrogen (secondary N) is 1. The number of ether oxygens (including phenoxy) is 2. The first-order valence-corrected chi connectivity index (χ1v) is 6.92. The molecule has 19 heavy (non-hydrogen) atoms. The first-order valence-electron chi connectivity index (χ1n) is 6.13. The Kier molecular flexibility index (Phi) is 3.10. The summed E-state index contributed by atoms with van der Waals surface area (Å²) in [5, 5.41) is 6.92. The molecule has 0 spiro atoms. The number of nitrogen functional groups attached to an aromatic ring is 1. The fourth-order valence-corrected chi connectivity index (χ4v) is 2.97. The number of rotatable bonds is 2. The van der Waals surface area contributed by atoms with Crippen molar-refractivity contribution in [1.82, 2.24) is 10.2 Å². The summed E-state index contributed by atoms with van der Waals surface area (Å²) in [6.45, 7) is 3.24. The van der Waals surface area contributed by atoms with Crippen LogP contribution in [-0.2, 0) is 6.42 Å². The van der Waals surface area contributed by atoms with Gasteiger partial charge in [-0.25, -0.2) is 0 Å². The smallest absolute Gasteiger partial charge is 0.165 e. The minimum absolute atomic E-state index is 0.471. The van der Waals surface area contributed by atoms with Gasteiger partial charge in [0, 0.05) is 21.7 Å². The number of aromatic amines is 1. The van der Waals surface area contributed by atoms with Crippen LogP contribution in [0.5, 0.6) is 11.5 Å². The fourth-order valence-electron chi connectivity index (χ4n) is 2.31. The van der Waals surface area contributed by atoms with Crippen molar-refractivity contribution < 1.29 is 9.47 Å². The van der Waals surface area contributed by atoms with Gasteiger partial charge >= 0.3 is 0 Å². The Morgan fingerprint density at radius 1 is 1.37 bits per heavy atom. The Hall–Kier alpha value is -1.69. The number of nitrogens with two attached hydrogens (primary N) is 1. The second-order valence-corrected chi connectivity index (χ2v) is 5.15. The third-order valence-electron chi connectivity index (χ3n) is 3.10. The molecule has 0 fully saturated rings. The maximum atomic E-state index is 5.76. The monoisotopic (exact) mass is 323 g/mol. The number of H-pyrrole nitrogens is 1. The van der Waals surface area contributed by atoms with E-state index < -0.39 is 0 Å². The maximum absolute atomic E-state index is 5.76. The molecule has 5 nitrogen and oxygen atoms in total. The lowest BCUT2D eigenvalue weighted by molar-refractivity contribution is 0.170. The molecule has 0 radical (unpaired) electrons. The molecule has 3 rings (SSSR count). The van der Waals surface area contributed by atoms with Crippen LogP contribution in [0, 0.1) is 0 Å². The molecule has 1 aliphatic heterocycles. The Bertz CT molecular complexity index is 625. The molecule has 0 aliphatic carbocycles. The van der Waals surface area contributed by atoms with Crippen molar-refractivity contribution in [1.29, 1.82) is 0 Å². The van der Waals surface area contributed by atoms with E-state index in [-0.39, 0.29) is 0 Å². The Morgan fingerprint density at radius 2 is 2.16 bits per heavy atom. The maximum Gasteiger partial charge on any atom is 0.165 e. The second kappa shape index (κ2) is 4.77. The van der Waals surface area contributed by atoms with Crippen LogP contribution < -0.4 is 15.2 Å². The molecule has 2 aromatic rings. The van der Waals surface area contributed by atoms with Gasteiger partial charge in [0.2, 0.25) is 0 Å². The lowest BCUT2D eigenvalue weighted by atomic mass is 10.0. The zero-order chi connectivity index (χ0) is 13.4. The summed E-state index contributed by atoms with van der Waals surface area (Å²) in [6.07, 6.45) is 0.833. The highest BCUT2D eigenvalue weighted by atomic mass is 79.9. The van der Waals surface area contributed by atoms with Crippen LogP contribution in [0.15, 0.2) is 16.6 Å². The molecule has 0 saturated carbocycles. The normalized spacial score (nSPS) is 13.6. The van der Waals surface area contributed by atoms with Crippen molar-refractivity contribution in [2.45, 2.75) is 13.3 Å². The van der Waals surface area contributed by atoms with Gasteiger partial charge in [0.25, 0.3) is 0 Å². The average molecular weight is 324 g/mol. The molecule has 1 aliphatic rings. The summed E-state index contributed by atoms with van der Waals surface area (Å²) in [5.41, 5.74) is 8.67. The van der Waals surface area contributed by atoms with Crippen LogP contribution in [0.1, 0.15) is 12.5 Å². The van der Waals surface area contributed by atoms with E-state index in [4.69, 9.17) is 15.2 Å². The van der Waals surface area contributed by atoms with Crippen molar-refractivity contribution in [2.24, 2.45) is 0 Å². The molecule has 6 heteroatoms. The van der Waals surface area contributed by atoms with Crippen LogP contribution in [0.3, 0.4) is 0 Å². The summed E-state index contributed by atoms with van der Waals surface area (Å²) in [5.74, 6) is 2.07. The van der Waals surface area contributed by atoms with Gasteiger partial charge in [-0.15, -0.1) is 0 Å². The van der Waals surface area contributed by atoms with Crippen molar-refractivity contribution in [3.05, 3.63) is 22.2 Å². The fraction of sp³-hybridized carbons (Fsp3) is 0.308. The zero-order valence-electron chi connectivity index (χ0n) is 10.5. The molecule has 0 atom stereocenters. The second-order valence-electron chi connectivity index (χ2n) is 4.30. The van der Waals surface area contributed by atoms with Crippen molar-refractivity contribution in [2.75, 3.05) is 18.9 Å². The van der Waals surface area contributed by atoms with Gasteiger partial charge < -0.3 is 15.2 Å². The van der Waals surface area contributed by atoms with Crippen LogP contribution in [-0.4, -0.2) is 23.4 Å². The number of hydrogen-bond acceptors (Lipinski definition) is 4. The highest BCUT2D eigenvalue weighted by Crippen LogP contribution is 2.44. The summed E-state index contributed by atoms with van der Waals surface area (Å²) < 4.78 is 12.3. The third kappa shape index (κ3) is 2.06. The third-order valence-corrected chi connectivity index (χ3v) is 3.73. The van der Waals surface area contributed by atoms with Crippen LogP contribution in [0.25, 0.3) is 11.3 Å². The molecule has 0 unspecified atom stereocenters. The zero-order valence-corrected chi connectivity index (χ0v) is 12.1. The largest absolute Gasteiger partial charge is 0.486 e. The predicted molar refractivity (Wildman–Crippen MR) is 76.5 cm³/mol. The molecule has 3 N–H and O–H groups in total. The Morgan fingerprint density at radius 3 is 2.84 bits per heavy atom. The SMILES string of the molecule is CCc1c2c(cc(Br)c1-c1cc(N)n[nH]1)OCCO2. The number of halogens is 1. The molecular formula is C13H14BrN3O2. The summed E-state index contributed by atoms with van der Waals surface area (Å²) >= 11 is 3.59. The number of hydrogen-bond donors (Lipinski definition) is 2. The number of benzene rings is 1. The van der Waals surface area contributed by atoms with Gasteiger partial charge in [0.1, 0.15) is 19.0 Å². The van der Waals surface area contributed by atoms with Gasteiger partial charge in [-0.05, 0) is 28.4 Å². The van der Waals surface area contributed by atoms with Gasteiger partial charge in [0.05, 0.1) is 5.69 Å². The lowest BCUT2D eigenvalue weighted by Crippen LogP contribution is -2.17. The highest BCUT2D eigenvalue weighted by molar-refractivity contribution is 9.10. The lowest BCUT2D eigenvalue weighted by Gasteiger charge is -2.23. The Balaban J connectivity index is 2.23. The van der Waals surface area contributed by atoms with Gasteiger partial charge in [-0.3, -0.25) is 5.10 Å².